The minimum Gasteiger partial charge on any atom is -0.462 e. The van der Waals surface area contributed by atoms with Crippen molar-refractivity contribution >= 4 is 19.8 Å². The summed E-state index contributed by atoms with van der Waals surface area (Å²) in [6.07, 6.45) is 35.6. The van der Waals surface area contributed by atoms with Crippen molar-refractivity contribution in [1.29, 1.82) is 0 Å². The van der Waals surface area contributed by atoms with Crippen molar-refractivity contribution in [2.24, 2.45) is 5.73 Å². The van der Waals surface area contributed by atoms with Crippen LogP contribution in [0.4, 0.5) is 0 Å². The first kappa shape index (κ1) is 49.0. The number of ether oxygens (including phenoxy) is 2. The second kappa shape index (κ2) is 37.8. The summed E-state index contributed by atoms with van der Waals surface area (Å²) in [5, 5.41) is 0. The van der Waals surface area contributed by atoms with Gasteiger partial charge in [0, 0.05) is 19.4 Å². The second-order valence-electron chi connectivity index (χ2n) is 14.2. The standard InChI is InChI=1S/C40H80NO8P/c1-3-5-7-9-11-13-15-17-18-19-20-21-23-25-27-29-31-33-40(43)49-38(37-48-50(44,45)47-35-34-41)36-46-39(42)32-30-28-26-24-22-16-14-12-10-8-6-4-2/h38H,3-37,41H2,1-2H3,(H,44,45). The summed E-state index contributed by atoms with van der Waals surface area (Å²) in [7, 11) is -4.36. The maximum Gasteiger partial charge on any atom is 0.472 e. The van der Waals surface area contributed by atoms with Crippen LogP contribution in [-0.2, 0) is 32.7 Å². The Morgan fingerprint density at radius 1 is 0.520 bits per heavy atom. The topological polar surface area (TPSA) is 134 Å². The van der Waals surface area contributed by atoms with Crippen molar-refractivity contribution in [3.05, 3.63) is 0 Å². The number of phosphoric ester groups is 1. The fourth-order valence-electron chi connectivity index (χ4n) is 6.11. The fourth-order valence-corrected chi connectivity index (χ4v) is 6.87. The summed E-state index contributed by atoms with van der Waals surface area (Å²) in [5.74, 6) is -0.815. The van der Waals surface area contributed by atoms with E-state index in [4.69, 9.17) is 24.3 Å². The Morgan fingerprint density at radius 3 is 1.22 bits per heavy atom. The number of esters is 2. The molecule has 2 atom stereocenters. The van der Waals surface area contributed by atoms with E-state index < -0.39 is 26.5 Å². The molecule has 0 amide bonds. The van der Waals surface area contributed by atoms with Crippen LogP contribution in [-0.4, -0.2) is 49.3 Å². The van der Waals surface area contributed by atoms with Crippen LogP contribution < -0.4 is 5.73 Å². The molecule has 0 aromatic rings. The SMILES string of the molecule is CCCCCCCCCCCCCCCCCCCC(=O)OC(COC(=O)CCCCCCCCCCCCCC)COP(=O)(O)OCCN. The maximum absolute atomic E-state index is 12.6. The number of hydrogen-bond donors (Lipinski definition) is 2. The Hall–Kier alpha value is -0.990. The van der Waals surface area contributed by atoms with Crippen molar-refractivity contribution in [2.45, 2.75) is 219 Å². The molecule has 0 bridgehead atoms. The second-order valence-corrected chi connectivity index (χ2v) is 15.7. The molecule has 0 spiro atoms. The lowest BCUT2D eigenvalue weighted by atomic mass is 10.0. The molecular weight excluding hydrogens is 653 g/mol. The van der Waals surface area contributed by atoms with Crippen LogP contribution in [0.15, 0.2) is 0 Å². The van der Waals surface area contributed by atoms with E-state index in [1.54, 1.807) is 0 Å². The van der Waals surface area contributed by atoms with Gasteiger partial charge in [-0.15, -0.1) is 0 Å². The Kier molecular flexibility index (Phi) is 37.0. The number of phosphoric acid groups is 1. The third-order valence-electron chi connectivity index (χ3n) is 9.24. The summed E-state index contributed by atoms with van der Waals surface area (Å²) >= 11 is 0. The molecule has 0 rings (SSSR count). The monoisotopic (exact) mass is 734 g/mol. The molecule has 0 aromatic heterocycles. The van der Waals surface area contributed by atoms with Gasteiger partial charge in [0.1, 0.15) is 6.61 Å². The molecule has 0 heterocycles. The van der Waals surface area contributed by atoms with Crippen LogP contribution in [0.3, 0.4) is 0 Å². The quantitative estimate of drug-likeness (QED) is 0.0358. The van der Waals surface area contributed by atoms with Crippen molar-refractivity contribution < 1.29 is 37.6 Å². The predicted molar refractivity (Wildman–Crippen MR) is 206 cm³/mol. The van der Waals surface area contributed by atoms with E-state index in [9.17, 15) is 19.0 Å². The van der Waals surface area contributed by atoms with Gasteiger partial charge in [-0.1, -0.05) is 187 Å². The van der Waals surface area contributed by atoms with Crippen molar-refractivity contribution in [2.75, 3.05) is 26.4 Å². The molecule has 0 aliphatic rings. The summed E-state index contributed by atoms with van der Waals surface area (Å²) in [5.41, 5.74) is 5.34. The zero-order valence-corrected chi connectivity index (χ0v) is 33.6. The average molecular weight is 734 g/mol. The summed E-state index contributed by atoms with van der Waals surface area (Å²) in [6.45, 7) is 3.76. The highest BCUT2D eigenvalue weighted by Crippen LogP contribution is 2.43. The van der Waals surface area contributed by atoms with Gasteiger partial charge < -0.3 is 20.1 Å². The number of hydrogen-bond acceptors (Lipinski definition) is 8. The van der Waals surface area contributed by atoms with E-state index in [1.807, 2.05) is 0 Å². The van der Waals surface area contributed by atoms with Crippen LogP contribution in [0, 0.1) is 0 Å². The smallest absolute Gasteiger partial charge is 0.462 e. The maximum atomic E-state index is 12.6. The highest BCUT2D eigenvalue weighted by Gasteiger charge is 2.26. The molecule has 3 N–H and O–H groups in total. The van der Waals surface area contributed by atoms with Crippen LogP contribution in [0.1, 0.15) is 213 Å². The zero-order chi connectivity index (χ0) is 36.8. The first-order chi connectivity index (χ1) is 24.3. The first-order valence-corrected chi connectivity index (χ1v) is 22.5. The summed E-state index contributed by atoms with van der Waals surface area (Å²) in [6, 6.07) is 0. The van der Waals surface area contributed by atoms with Gasteiger partial charge in [0.15, 0.2) is 6.10 Å². The minimum atomic E-state index is -4.36. The van der Waals surface area contributed by atoms with Crippen molar-refractivity contribution in [3.8, 4) is 0 Å². The molecule has 9 nitrogen and oxygen atoms in total. The molecular formula is C40H80NO8P. The third kappa shape index (κ3) is 36.8. The molecule has 2 unspecified atom stereocenters. The number of unbranched alkanes of at least 4 members (excludes halogenated alkanes) is 27. The highest BCUT2D eigenvalue weighted by atomic mass is 31.2. The molecule has 0 saturated heterocycles. The Bertz CT molecular complexity index is 799. The van der Waals surface area contributed by atoms with E-state index in [0.717, 1.165) is 32.1 Å². The number of carbonyl (C=O) groups is 2. The van der Waals surface area contributed by atoms with E-state index in [2.05, 4.69) is 13.8 Å². The molecule has 0 aliphatic heterocycles. The van der Waals surface area contributed by atoms with Gasteiger partial charge in [-0.2, -0.15) is 0 Å². The molecule has 10 heteroatoms. The van der Waals surface area contributed by atoms with Crippen LogP contribution in [0.2, 0.25) is 0 Å². The Balaban J connectivity index is 4.11. The van der Waals surface area contributed by atoms with Gasteiger partial charge in [0.25, 0.3) is 0 Å². The molecule has 0 aliphatic carbocycles. The lowest BCUT2D eigenvalue weighted by molar-refractivity contribution is -0.161. The Labute approximate surface area is 307 Å². The van der Waals surface area contributed by atoms with Crippen molar-refractivity contribution in [3.63, 3.8) is 0 Å². The van der Waals surface area contributed by atoms with Crippen LogP contribution in [0.25, 0.3) is 0 Å². The first-order valence-electron chi connectivity index (χ1n) is 21.0. The summed E-state index contributed by atoms with van der Waals surface area (Å²) in [4.78, 5) is 34.8. The normalized spacial score (nSPS) is 13.3. The molecule has 0 aromatic carbocycles. The predicted octanol–water partition coefficient (Wildman–Crippen LogP) is 11.7. The van der Waals surface area contributed by atoms with Crippen LogP contribution >= 0.6 is 7.82 Å². The molecule has 0 radical (unpaired) electrons. The third-order valence-corrected chi connectivity index (χ3v) is 10.2. The largest absolute Gasteiger partial charge is 0.472 e. The number of rotatable bonds is 40. The lowest BCUT2D eigenvalue weighted by Gasteiger charge is -2.19. The minimum absolute atomic E-state index is 0.0580. The van der Waals surface area contributed by atoms with E-state index in [0.29, 0.717) is 6.42 Å². The van der Waals surface area contributed by atoms with Gasteiger partial charge >= 0.3 is 19.8 Å². The summed E-state index contributed by atoms with van der Waals surface area (Å²) < 4.78 is 32.7. The number of nitrogens with two attached hydrogens (primary N) is 1. The molecule has 50 heavy (non-hydrogen) atoms. The fraction of sp³-hybridized carbons (Fsp3) is 0.950. The van der Waals surface area contributed by atoms with E-state index in [1.165, 1.54) is 148 Å². The molecule has 0 saturated carbocycles. The van der Waals surface area contributed by atoms with Gasteiger partial charge in [0.2, 0.25) is 0 Å². The lowest BCUT2D eigenvalue weighted by Crippen LogP contribution is -2.29. The van der Waals surface area contributed by atoms with Gasteiger partial charge in [-0.05, 0) is 12.8 Å². The van der Waals surface area contributed by atoms with E-state index >= 15 is 0 Å². The van der Waals surface area contributed by atoms with Gasteiger partial charge in [-0.25, -0.2) is 4.57 Å². The van der Waals surface area contributed by atoms with Crippen molar-refractivity contribution in [1.82, 2.24) is 0 Å². The number of carbonyl (C=O) groups excluding carboxylic acids is 2. The van der Waals surface area contributed by atoms with E-state index in [-0.39, 0.29) is 38.6 Å². The highest BCUT2D eigenvalue weighted by molar-refractivity contribution is 7.47. The van der Waals surface area contributed by atoms with Crippen LogP contribution in [0.5, 0.6) is 0 Å². The molecule has 298 valence electrons. The average Bonchev–Trinajstić information content (AvgIpc) is 3.10. The van der Waals surface area contributed by atoms with Gasteiger partial charge in [-0.3, -0.25) is 18.6 Å². The Morgan fingerprint density at radius 2 is 0.860 bits per heavy atom. The zero-order valence-electron chi connectivity index (χ0n) is 32.7. The molecule has 0 fully saturated rings. The van der Waals surface area contributed by atoms with Gasteiger partial charge in [0.05, 0.1) is 13.2 Å².